The predicted molar refractivity (Wildman–Crippen MR) is 65.5 cm³/mol. The van der Waals surface area contributed by atoms with E-state index in [1.54, 1.807) is 23.9 Å². The number of carbonyl (C=O) groups is 1. The SMILES string of the molecule is CCOC(=O)Cn1ccnc1CNC(C)(C)C. The molecule has 1 aromatic heterocycles. The van der Waals surface area contributed by atoms with Crippen LogP contribution in [0.5, 0.6) is 0 Å². The molecule has 17 heavy (non-hydrogen) atoms. The first-order valence-corrected chi connectivity index (χ1v) is 5.83. The summed E-state index contributed by atoms with van der Waals surface area (Å²) in [5.74, 6) is 0.607. The second kappa shape index (κ2) is 5.82. The molecule has 0 aliphatic carbocycles. The van der Waals surface area contributed by atoms with Gasteiger partial charge >= 0.3 is 5.97 Å². The molecule has 0 radical (unpaired) electrons. The molecule has 0 amide bonds. The molecule has 1 rings (SSSR count). The Bertz CT molecular complexity index is 366. The third kappa shape index (κ3) is 4.99. The van der Waals surface area contributed by atoms with Crippen molar-refractivity contribution in [2.45, 2.75) is 46.3 Å². The highest BCUT2D eigenvalue weighted by molar-refractivity contribution is 5.69. The Balaban J connectivity index is 2.57. The van der Waals surface area contributed by atoms with Crippen LogP contribution < -0.4 is 5.32 Å². The zero-order valence-corrected chi connectivity index (χ0v) is 11.0. The first-order chi connectivity index (χ1) is 7.92. The summed E-state index contributed by atoms with van der Waals surface area (Å²) in [5, 5.41) is 3.33. The van der Waals surface area contributed by atoms with Crippen LogP contribution in [-0.2, 0) is 22.6 Å². The number of hydrogen-bond acceptors (Lipinski definition) is 4. The highest BCUT2D eigenvalue weighted by atomic mass is 16.5. The third-order valence-corrected chi connectivity index (χ3v) is 2.18. The molecule has 0 unspecified atom stereocenters. The molecule has 1 N–H and O–H groups in total. The molecule has 0 bridgehead atoms. The monoisotopic (exact) mass is 239 g/mol. The minimum atomic E-state index is -0.234. The molecule has 0 aliphatic heterocycles. The molecule has 0 aromatic carbocycles. The number of esters is 1. The lowest BCUT2D eigenvalue weighted by Gasteiger charge is -2.20. The van der Waals surface area contributed by atoms with Crippen LogP contribution in [0.15, 0.2) is 12.4 Å². The zero-order chi connectivity index (χ0) is 12.9. The third-order valence-electron chi connectivity index (χ3n) is 2.18. The Morgan fingerprint density at radius 2 is 2.24 bits per heavy atom. The molecule has 0 fully saturated rings. The summed E-state index contributed by atoms with van der Waals surface area (Å²) in [6, 6.07) is 0. The molecule has 5 nitrogen and oxygen atoms in total. The second-order valence-electron chi connectivity index (χ2n) is 4.88. The van der Waals surface area contributed by atoms with Crippen molar-refractivity contribution in [1.29, 1.82) is 0 Å². The lowest BCUT2D eigenvalue weighted by atomic mass is 10.1. The van der Waals surface area contributed by atoms with Crippen LogP contribution in [0.4, 0.5) is 0 Å². The van der Waals surface area contributed by atoms with Crippen molar-refractivity contribution in [2.75, 3.05) is 6.61 Å². The summed E-state index contributed by atoms with van der Waals surface area (Å²) < 4.78 is 6.71. The maximum atomic E-state index is 11.4. The highest BCUT2D eigenvalue weighted by Gasteiger charge is 2.12. The van der Waals surface area contributed by atoms with E-state index in [0.717, 1.165) is 5.82 Å². The quantitative estimate of drug-likeness (QED) is 0.788. The van der Waals surface area contributed by atoms with Gasteiger partial charge in [-0.1, -0.05) is 0 Å². The van der Waals surface area contributed by atoms with Gasteiger partial charge in [0.05, 0.1) is 13.2 Å². The van der Waals surface area contributed by atoms with Crippen molar-refractivity contribution in [3.05, 3.63) is 18.2 Å². The number of carbonyl (C=O) groups excluding carboxylic acids is 1. The van der Waals surface area contributed by atoms with Gasteiger partial charge in [-0.2, -0.15) is 0 Å². The average Bonchev–Trinajstić information content (AvgIpc) is 2.61. The van der Waals surface area contributed by atoms with Crippen molar-refractivity contribution in [3.8, 4) is 0 Å². The standard InChI is InChI=1S/C12H21N3O2/c1-5-17-11(16)9-15-7-6-13-10(15)8-14-12(2,3)4/h6-7,14H,5,8-9H2,1-4H3. The Kier molecular flexibility index (Phi) is 4.69. The van der Waals surface area contributed by atoms with Gasteiger partial charge in [0, 0.05) is 17.9 Å². The van der Waals surface area contributed by atoms with Crippen LogP contribution in [0.2, 0.25) is 0 Å². The van der Waals surface area contributed by atoms with E-state index in [1.165, 1.54) is 0 Å². The first kappa shape index (κ1) is 13.7. The molecule has 0 saturated heterocycles. The largest absolute Gasteiger partial charge is 0.465 e. The topological polar surface area (TPSA) is 56.2 Å². The molecule has 1 aromatic rings. The van der Waals surface area contributed by atoms with Gasteiger partial charge in [-0.3, -0.25) is 4.79 Å². The number of rotatable bonds is 5. The van der Waals surface area contributed by atoms with Crippen LogP contribution in [0.3, 0.4) is 0 Å². The van der Waals surface area contributed by atoms with Crippen LogP contribution in [0, 0.1) is 0 Å². The average molecular weight is 239 g/mol. The minimum absolute atomic E-state index is 0.0285. The Morgan fingerprint density at radius 3 is 2.82 bits per heavy atom. The molecule has 0 spiro atoms. The van der Waals surface area contributed by atoms with Gasteiger partial charge in [-0.05, 0) is 27.7 Å². The fourth-order valence-electron chi connectivity index (χ4n) is 1.34. The van der Waals surface area contributed by atoms with E-state index in [2.05, 4.69) is 31.1 Å². The van der Waals surface area contributed by atoms with Gasteiger partial charge in [-0.15, -0.1) is 0 Å². The van der Waals surface area contributed by atoms with Gasteiger partial charge in [0.1, 0.15) is 12.4 Å². The lowest BCUT2D eigenvalue weighted by molar-refractivity contribution is -0.143. The number of nitrogens with one attached hydrogen (secondary N) is 1. The van der Waals surface area contributed by atoms with Crippen LogP contribution in [0.1, 0.15) is 33.5 Å². The van der Waals surface area contributed by atoms with Crippen LogP contribution in [0.25, 0.3) is 0 Å². The van der Waals surface area contributed by atoms with Crippen LogP contribution in [-0.4, -0.2) is 27.7 Å². The molecule has 0 aliphatic rings. The van der Waals surface area contributed by atoms with Crippen molar-refractivity contribution in [1.82, 2.24) is 14.9 Å². The smallest absolute Gasteiger partial charge is 0.325 e. The second-order valence-corrected chi connectivity index (χ2v) is 4.88. The highest BCUT2D eigenvalue weighted by Crippen LogP contribution is 2.03. The molecule has 96 valence electrons. The molecule has 1 heterocycles. The van der Waals surface area contributed by atoms with Crippen molar-refractivity contribution >= 4 is 5.97 Å². The molecule has 0 atom stereocenters. The van der Waals surface area contributed by atoms with E-state index >= 15 is 0 Å². The Hall–Kier alpha value is -1.36. The minimum Gasteiger partial charge on any atom is -0.465 e. The van der Waals surface area contributed by atoms with E-state index in [9.17, 15) is 4.79 Å². The zero-order valence-electron chi connectivity index (χ0n) is 11.0. The lowest BCUT2D eigenvalue weighted by Crippen LogP contribution is -2.36. The van der Waals surface area contributed by atoms with E-state index in [4.69, 9.17) is 4.74 Å². The van der Waals surface area contributed by atoms with Gasteiger partial charge < -0.3 is 14.6 Å². The van der Waals surface area contributed by atoms with Crippen molar-refractivity contribution in [3.63, 3.8) is 0 Å². The summed E-state index contributed by atoms with van der Waals surface area (Å²) in [7, 11) is 0. The van der Waals surface area contributed by atoms with E-state index < -0.39 is 0 Å². The number of hydrogen-bond donors (Lipinski definition) is 1. The molecular formula is C12H21N3O2. The summed E-state index contributed by atoms with van der Waals surface area (Å²) >= 11 is 0. The molecule has 0 saturated carbocycles. The fourth-order valence-corrected chi connectivity index (χ4v) is 1.34. The summed E-state index contributed by atoms with van der Waals surface area (Å²) in [6.45, 7) is 9.32. The molecular weight excluding hydrogens is 218 g/mol. The first-order valence-electron chi connectivity index (χ1n) is 5.83. The molecule has 5 heteroatoms. The predicted octanol–water partition coefficient (Wildman–Crippen LogP) is 1.33. The van der Waals surface area contributed by atoms with Crippen LogP contribution >= 0.6 is 0 Å². The number of nitrogens with zero attached hydrogens (tertiary/aromatic N) is 2. The van der Waals surface area contributed by atoms with E-state index in [1.807, 2.05) is 0 Å². The van der Waals surface area contributed by atoms with Crippen molar-refractivity contribution in [2.24, 2.45) is 0 Å². The number of ether oxygens (including phenoxy) is 1. The van der Waals surface area contributed by atoms with Crippen molar-refractivity contribution < 1.29 is 9.53 Å². The van der Waals surface area contributed by atoms with Gasteiger partial charge in [0.15, 0.2) is 0 Å². The fraction of sp³-hybridized carbons (Fsp3) is 0.667. The summed E-state index contributed by atoms with van der Waals surface area (Å²) in [5.41, 5.74) is 0.0285. The summed E-state index contributed by atoms with van der Waals surface area (Å²) in [4.78, 5) is 15.6. The number of aromatic nitrogens is 2. The van der Waals surface area contributed by atoms with E-state index in [-0.39, 0.29) is 18.1 Å². The van der Waals surface area contributed by atoms with Gasteiger partial charge in [-0.25, -0.2) is 4.98 Å². The maximum Gasteiger partial charge on any atom is 0.325 e. The maximum absolute atomic E-state index is 11.4. The van der Waals surface area contributed by atoms with Gasteiger partial charge in [0.25, 0.3) is 0 Å². The van der Waals surface area contributed by atoms with Gasteiger partial charge in [0.2, 0.25) is 0 Å². The Labute approximate surface area is 102 Å². The normalized spacial score (nSPS) is 11.5. The Morgan fingerprint density at radius 1 is 1.53 bits per heavy atom. The summed E-state index contributed by atoms with van der Waals surface area (Å²) in [6.07, 6.45) is 3.48. The number of imidazole rings is 1. The van der Waals surface area contributed by atoms with E-state index in [0.29, 0.717) is 13.2 Å².